The number of imidazole rings is 1. The number of benzene rings is 1. The van der Waals surface area contributed by atoms with E-state index in [0.29, 0.717) is 5.52 Å². The zero-order chi connectivity index (χ0) is 14.7. The first kappa shape index (κ1) is 13.9. The number of carboxylic acids is 1. The highest BCUT2D eigenvalue weighted by atomic mass is 16.5. The fourth-order valence-corrected chi connectivity index (χ4v) is 2.02. The van der Waals surface area contributed by atoms with Gasteiger partial charge in [-0.3, -0.25) is 9.36 Å². The highest BCUT2D eigenvalue weighted by Crippen LogP contribution is 2.15. The lowest BCUT2D eigenvalue weighted by molar-refractivity contribution is -0.143. The Hall–Kier alpha value is -2.57. The number of carbonyl (C=O) groups excluding carboxylic acids is 1. The topological polar surface area (TPSA) is 101 Å². The first-order valence-electron chi connectivity index (χ1n) is 6.15. The van der Waals surface area contributed by atoms with Crippen molar-refractivity contribution in [3.63, 3.8) is 0 Å². The number of para-hydroxylation sites is 1. The van der Waals surface area contributed by atoms with E-state index in [1.54, 1.807) is 19.1 Å². The van der Waals surface area contributed by atoms with Crippen LogP contribution in [0.25, 0.3) is 11.0 Å². The molecule has 0 unspecified atom stereocenters. The van der Waals surface area contributed by atoms with Crippen LogP contribution in [-0.4, -0.2) is 33.2 Å². The normalized spacial score (nSPS) is 10.7. The number of aryl methyl sites for hydroxylation is 1. The van der Waals surface area contributed by atoms with Crippen LogP contribution in [0.4, 0.5) is 0 Å². The van der Waals surface area contributed by atoms with Gasteiger partial charge < -0.3 is 14.8 Å². The van der Waals surface area contributed by atoms with Gasteiger partial charge in [-0.15, -0.1) is 0 Å². The molecule has 2 aromatic rings. The number of carbonyl (C=O) groups is 2. The summed E-state index contributed by atoms with van der Waals surface area (Å²) in [6.07, 6.45) is 0.0536. The fraction of sp³-hybridized carbons (Fsp3) is 0.308. The molecule has 0 radical (unpaired) electrons. The smallest absolute Gasteiger partial charge is 0.337 e. The number of aromatic amines is 1. The minimum Gasteiger partial charge on any atom is -0.478 e. The Bertz CT molecular complexity index is 713. The number of hydrogen-bond donors (Lipinski definition) is 2. The summed E-state index contributed by atoms with van der Waals surface area (Å²) in [6.45, 7) is 2.13. The van der Waals surface area contributed by atoms with E-state index in [1.807, 2.05) is 0 Å². The Morgan fingerprint density at radius 1 is 1.40 bits per heavy atom. The zero-order valence-corrected chi connectivity index (χ0v) is 10.9. The maximum atomic E-state index is 11.8. The van der Waals surface area contributed by atoms with Crippen LogP contribution in [0.15, 0.2) is 23.0 Å². The van der Waals surface area contributed by atoms with Crippen molar-refractivity contribution in [1.29, 1.82) is 0 Å². The van der Waals surface area contributed by atoms with Gasteiger partial charge >= 0.3 is 17.6 Å². The predicted molar refractivity (Wildman–Crippen MR) is 70.8 cm³/mol. The van der Waals surface area contributed by atoms with Crippen molar-refractivity contribution in [1.82, 2.24) is 9.55 Å². The summed E-state index contributed by atoms with van der Waals surface area (Å²) in [5, 5.41) is 9.07. The van der Waals surface area contributed by atoms with E-state index in [-0.39, 0.29) is 30.7 Å². The van der Waals surface area contributed by atoms with Crippen molar-refractivity contribution < 1.29 is 19.4 Å². The first-order valence-corrected chi connectivity index (χ1v) is 6.15. The Labute approximate surface area is 113 Å². The number of esters is 1. The summed E-state index contributed by atoms with van der Waals surface area (Å²) >= 11 is 0. The van der Waals surface area contributed by atoms with Gasteiger partial charge in [0.1, 0.15) is 0 Å². The number of hydrogen-bond acceptors (Lipinski definition) is 4. The predicted octanol–water partition coefficient (Wildman–Crippen LogP) is 0.981. The van der Waals surface area contributed by atoms with E-state index in [0.717, 1.165) is 0 Å². The van der Waals surface area contributed by atoms with Crippen LogP contribution in [-0.2, 0) is 16.1 Å². The fourth-order valence-electron chi connectivity index (χ4n) is 2.02. The van der Waals surface area contributed by atoms with Crippen LogP contribution in [0.3, 0.4) is 0 Å². The van der Waals surface area contributed by atoms with E-state index in [9.17, 15) is 14.4 Å². The number of H-pyrrole nitrogens is 1. The first-order chi connectivity index (χ1) is 9.54. The molecule has 0 aliphatic rings. The molecule has 0 amide bonds. The van der Waals surface area contributed by atoms with Crippen LogP contribution in [0.2, 0.25) is 0 Å². The number of aromatic nitrogens is 2. The lowest BCUT2D eigenvalue weighted by Crippen LogP contribution is -2.19. The van der Waals surface area contributed by atoms with Crippen molar-refractivity contribution >= 4 is 23.0 Å². The molecule has 7 heteroatoms. The Morgan fingerprint density at radius 3 is 2.80 bits per heavy atom. The van der Waals surface area contributed by atoms with Gasteiger partial charge in [-0.25, -0.2) is 9.59 Å². The van der Waals surface area contributed by atoms with Crippen LogP contribution in [0, 0.1) is 0 Å². The molecule has 0 atom stereocenters. The summed E-state index contributed by atoms with van der Waals surface area (Å²) < 4.78 is 6.13. The van der Waals surface area contributed by atoms with Gasteiger partial charge in [0.15, 0.2) is 0 Å². The molecular formula is C13H14N2O5. The quantitative estimate of drug-likeness (QED) is 0.794. The molecule has 0 spiro atoms. The van der Waals surface area contributed by atoms with Crippen molar-refractivity contribution in [2.45, 2.75) is 19.9 Å². The average Bonchev–Trinajstić information content (AvgIpc) is 2.72. The summed E-state index contributed by atoms with van der Waals surface area (Å²) in [5.74, 6) is -1.52. The Balaban J connectivity index is 2.37. The molecule has 1 heterocycles. The molecule has 7 nitrogen and oxygen atoms in total. The standard InChI is InChI=1S/C13H14N2O5/c1-2-20-10(16)6-7-15-9-5-3-4-8(12(17)18)11(9)14-13(15)19/h3-5H,2,6-7H2,1H3,(H,14,19)(H,17,18). The van der Waals surface area contributed by atoms with Crippen LogP contribution < -0.4 is 5.69 Å². The Morgan fingerprint density at radius 2 is 2.15 bits per heavy atom. The number of carboxylic acid groups (broad SMARTS) is 1. The summed E-state index contributed by atoms with van der Waals surface area (Å²) in [4.78, 5) is 36.8. The summed E-state index contributed by atoms with van der Waals surface area (Å²) in [7, 11) is 0. The molecule has 0 aliphatic carbocycles. The monoisotopic (exact) mass is 278 g/mol. The Kier molecular flexibility index (Phi) is 3.88. The van der Waals surface area contributed by atoms with Crippen LogP contribution >= 0.6 is 0 Å². The highest BCUT2D eigenvalue weighted by Gasteiger charge is 2.14. The molecule has 0 aliphatic heterocycles. The maximum absolute atomic E-state index is 11.8. The molecule has 20 heavy (non-hydrogen) atoms. The molecule has 0 saturated heterocycles. The van der Waals surface area contributed by atoms with E-state index < -0.39 is 17.6 Å². The average molecular weight is 278 g/mol. The summed E-state index contributed by atoms with van der Waals surface area (Å²) in [5.41, 5.74) is 0.292. The number of fused-ring (bicyclic) bond motifs is 1. The minimum atomic E-state index is -1.12. The third-order valence-corrected chi connectivity index (χ3v) is 2.89. The van der Waals surface area contributed by atoms with E-state index in [1.165, 1.54) is 10.6 Å². The molecule has 2 rings (SSSR count). The molecule has 1 aromatic carbocycles. The second kappa shape index (κ2) is 5.60. The highest BCUT2D eigenvalue weighted by molar-refractivity contribution is 6.00. The number of rotatable bonds is 5. The zero-order valence-electron chi connectivity index (χ0n) is 10.9. The SMILES string of the molecule is CCOC(=O)CCn1c(=O)[nH]c2c(C(=O)O)cccc21. The molecular weight excluding hydrogens is 264 g/mol. The van der Waals surface area contributed by atoms with Gasteiger partial charge in [0.25, 0.3) is 0 Å². The third-order valence-electron chi connectivity index (χ3n) is 2.89. The molecule has 106 valence electrons. The molecule has 0 saturated carbocycles. The van der Waals surface area contributed by atoms with E-state index in [2.05, 4.69) is 4.98 Å². The van der Waals surface area contributed by atoms with Gasteiger partial charge in [0.2, 0.25) is 0 Å². The molecule has 1 aromatic heterocycles. The molecule has 0 bridgehead atoms. The van der Waals surface area contributed by atoms with E-state index in [4.69, 9.17) is 9.84 Å². The van der Waals surface area contributed by atoms with Crippen molar-refractivity contribution in [3.05, 3.63) is 34.2 Å². The lowest BCUT2D eigenvalue weighted by atomic mass is 10.2. The van der Waals surface area contributed by atoms with Gasteiger partial charge in [0, 0.05) is 6.54 Å². The number of nitrogens with zero attached hydrogens (tertiary/aromatic N) is 1. The molecule has 2 N–H and O–H groups in total. The van der Waals surface area contributed by atoms with Crippen LogP contribution in [0.5, 0.6) is 0 Å². The second-order valence-electron chi connectivity index (χ2n) is 4.14. The van der Waals surface area contributed by atoms with Gasteiger partial charge in [-0.1, -0.05) is 6.07 Å². The number of nitrogens with one attached hydrogen (secondary N) is 1. The largest absolute Gasteiger partial charge is 0.478 e. The van der Waals surface area contributed by atoms with Crippen molar-refractivity contribution in [2.24, 2.45) is 0 Å². The van der Waals surface area contributed by atoms with Crippen LogP contribution in [0.1, 0.15) is 23.7 Å². The summed E-state index contributed by atoms with van der Waals surface area (Å²) in [6, 6.07) is 4.60. The maximum Gasteiger partial charge on any atom is 0.337 e. The number of ether oxygens (including phenoxy) is 1. The van der Waals surface area contributed by atoms with Crippen molar-refractivity contribution in [2.75, 3.05) is 6.61 Å². The van der Waals surface area contributed by atoms with Gasteiger partial charge in [-0.2, -0.15) is 0 Å². The lowest BCUT2D eigenvalue weighted by Gasteiger charge is -2.04. The third kappa shape index (κ3) is 2.56. The van der Waals surface area contributed by atoms with Gasteiger partial charge in [-0.05, 0) is 19.1 Å². The number of aromatic carboxylic acids is 1. The van der Waals surface area contributed by atoms with Crippen molar-refractivity contribution in [3.8, 4) is 0 Å². The van der Waals surface area contributed by atoms with Gasteiger partial charge in [0.05, 0.1) is 29.6 Å². The second-order valence-corrected chi connectivity index (χ2v) is 4.14. The van der Waals surface area contributed by atoms with E-state index >= 15 is 0 Å². The molecule has 0 fully saturated rings. The minimum absolute atomic E-state index is 0.0227.